The van der Waals surface area contributed by atoms with E-state index in [-0.39, 0.29) is 11.4 Å². The molecule has 6 heteroatoms. The van der Waals surface area contributed by atoms with Gasteiger partial charge in [-0.25, -0.2) is 0 Å². The first-order valence-electron chi connectivity index (χ1n) is 6.16. The van der Waals surface area contributed by atoms with Crippen LogP contribution in [0.25, 0.3) is 11.0 Å². The van der Waals surface area contributed by atoms with E-state index in [2.05, 4.69) is 15.6 Å². The Balaban J connectivity index is 2.10. The summed E-state index contributed by atoms with van der Waals surface area (Å²) in [6, 6.07) is 7.41. The van der Waals surface area contributed by atoms with Gasteiger partial charge in [-0.1, -0.05) is 17.0 Å². The number of benzene rings is 1. The number of nitrogens with one attached hydrogen (secondary N) is 1. The quantitative estimate of drug-likeness (QED) is 0.901. The maximum Gasteiger partial charge on any atom is 0.264 e. The van der Waals surface area contributed by atoms with E-state index in [1.54, 1.807) is 6.92 Å². The molecule has 0 aliphatic heterocycles. The van der Waals surface area contributed by atoms with E-state index in [1.165, 1.54) is 4.85 Å². The van der Waals surface area contributed by atoms with Crippen molar-refractivity contribution in [3.05, 3.63) is 24.3 Å². The van der Waals surface area contributed by atoms with Crippen LogP contribution in [-0.4, -0.2) is 32.7 Å². The highest BCUT2D eigenvalue weighted by Crippen LogP contribution is 2.09. The third-order valence-corrected chi connectivity index (χ3v) is 2.45. The molecule has 1 aromatic heterocycles. The predicted octanol–water partition coefficient (Wildman–Crippen LogP) is 1.16. The van der Waals surface area contributed by atoms with Crippen LogP contribution < -0.4 is 10.2 Å². The van der Waals surface area contributed by atoms with Crippen LogP contribution in [0.3, 0.4) is 0 Å². The van der Waals surface area contributed by atoms with Gasteiger partial charge in [0.1, 0.15) is 11.0 Å². The minimum atomic E-state index is -0.649. The molecule has 2 aromatic rings. The number of fused-ring (bicyclic) bond motifs is 1. The molecule has 0 spiro atoms. The van der Waals surface area contributed by atoms with Gasteiger partial charge in [-0.15, -0.1) is 5.10 Å². The summed E-state index contributed by atoms with van der Waals surface area (Å²) in [5.41, 5.74) is 1.17. The summed E-state index contributed by atoms with van der Waals surface area (Å²) in [5.74, 6) is -0.188. The number of hydrogen-bond donors (Lipinski definition) is 1. The SMILES string of the molecule is CC(On1nnc2ccccc21)C(=O)NC(C)(C)C. The fourth-order valence-electron chi connectivity index (χ4n) is 1.59. The molecule has 0 radical (unpaired) electrons. The van der Waals surface area contributed by atoms with Crippen LogP contribution in [0.5, 0.6) is 0 Å². The first kappa shape index (κ1) is 13.3. The van der Waals surface area contributed by atoms with Crippen LogP contribution in [0.15, 0.2) is 24.3 Å². The van der Waals surface area contributed by atoms with Gasteiger partial charge in [-0.3, -0.25) is 4.79 Å². The number of aromatic nitrogens is 3. The van der Waals surface area contributed by atoms with Crippen LogP contribution in [0.4, 0.5) is 0 Å². The summed E-state index contributed by atoms with van der Waals surface area (Å²) >= 11 is 0. The van der Waals surface area contributed by atoms with Crippen molar-refractivity contribution in [3.63, 3.8) is 0 Å². The van der Waals surface area contributed by atoms with Crippen LogP contribution in [0.2, 0.25) is 0 Å². The second kappa shape index (κ2) is 4.87. The first-order chi connectivity index (χ1) is 8.87. The molecular formula is C13H18N4O2. The zero-order chi connectivity index (χ0) is 14.0. The van der Waals surface area contributed by atoms with Crippen molar-refractivity contribution in [2.45, 2.75) is 39.3 Å². The van der Waals surface area contributed by atoms with Gasteiger partial charge < -0.3 is 10.2 Å². The zero-order valence-electron chi connectivity index (χ0n) is 11.5. The number of hydrogen-bond acceptors (Lipinski definition) is 4. The molecule has 1 amide bonds. The Kier molecular flexibility index (Phi) is 3.42. The first-order valence-corrected chi connectivity index (χ1v) is 6.16. The lowest BCUT2D eigenvalue weighted by Crippen LogP contribution is -2.48. The van der Waals surface area contributed by atoms with Crippen molar-refractivity contribution in [2.75, 3.05) is 0 Å². The monoisotopic (exact) mass is 262 g/mol. The number of nitrogens with zero attached hydrogens (tertiary/aromatic N) is 3. The second-order valence-electron chi connectivity index (χ2n) is 5.44. The van der Waals surface area contributed by atoms with Crippen molar-refractivity contribution < 1.29 is 9.63 Å². The summed E-state index contributed by atoms with van der Waals surface area (Å²) in [6.45, 7) is 7.44. The molecule has 0 bridgehead atoms. The van der Waals surface area contributed by atoms with Crippen molar-refractivity contribution in [2.24, 2.45) is 0 Å². The number of rotatable bonds is 3. The van der Waals surface area contributed by atoms with E-state index in [4.69, 9.17) is 4.84 Å². The van der Waals surface area contributed by atoms with Gasteiger partial charge >= 0.3 is 0 Å². The van der Waals surface area contributed by atoms with E-state index < -0.39 is 6.10 Å². The largest absolute Gasteiger partial charge is 0.382 e. The Hall–Kier alpha value is -2.11. The highest BCUT2D eigenvalue weighted by molar-refractivity contribution is 5.81. The third-order valence-electron chi connectivity index (χ3n) is 2.45. The molecule has 1 N–H and O–H groups in total. The summed E-state index contributed by atoms with van der Waals surface area (Å²) in [4.78, 5) is 18.7. The highest BCUT2D eigenvalue weighted by Gasteiger charge is 2.21. The molecule has 102 valence electrons. The van der Waals surface area contributed by atoms with Crippen molar-refractivity contribution >= 4 is 16.9 Å². The summed E-state index contributed by atoms with van der Waals surface area (Å²) in [7, 11) is 0. The summed E-state index contributed by atoms with van der Waals surface area (Å²) in [5, 5.41) is 10.7. The van der Waals surface area contributed by atoms with E-state index in [9.17, 15) is 4.79 Å². The molecule has 0 fully saturated rings. The molecule has 1 aromatic carbocycles. The van der Waals surface area contributed by atoms with Crippen LogP contribution in [-0.2, 0) is 4.79 Å². The smallest absolute Gasteiger partial charge is 0.264 e. The minimum absolute atomic E-state index is 0.188. The van der Waals surface area contributed by atoms with Gasteiger partial charge in [-0.2, -0.15) is 0 Å². The molecule has 1 heterocycles. The lowest BCUT2D eigenvalue weighted by atomic mass is 10.1. The van der Waals surface area contributed by atoms with Crippen LogP contribution >= 0.6 is 0 Å². The molecule has 6 nitrogen and oxygen atoms in total. The van der Waals surface area contributed by atoms with Gasteiger partial charge in [0.25, 0.3) is 5.91 Å². The summed E-state index contributed by atoms with van der Waals surface area (Å²) < 4.78 is 0. The molecule has 1 unspecified atom stereocenters. The number of amides is 1. The van der Waals surface area contributed by atoms with Crippen LogP contribution in [0, 0.1) is 0 Å². The van der Waals surface area contributed by atoms with Crippen molar-refractivity contribution in [3.8, 4) is 0 Å². The van der Waals surface area contributed by atoms with Gasteiger partial charge in [0, 0.05) is 5.54 Å². The minimum Gasteiger partial charge on any atom is -0.382 e. The van der Waals surface area contributed by atoms with Crippen molar-refractivity contribution in [1.29, 1.82) is 0 Å². The maximum atomic E-state index is 11.9. The molecule has 0 saturated heterocycles. The lowest BCUT2D eigenvalue weighted by molar-refractivity contribution is -0.134. The van der Waals surface area contributed by atoms with Crippen molar-refractivity contribution in [1.82, 2.24) is 20.5 Å². The Morgan fingerprint density at radius 1 is 1.37 bits per heavy atom. The topological polar surface area (TPSA) is 69.0 Å². The number of carbonyl (C=O) groups is 1. The van der Waals surface area contributed by atoms with Gasteiger partial charge in [0.2, 0.25) is 6.10 Å². The molecule has 1 atom stereocenters. The normalized spacial score (nSPS) is 13.3. The second-order valence-corrected chi connectivity index (χ2v) is 5.44. The van der Waals surface area contributed by atoms with E-state index >= 15 is 0 Å². The molecular weight excluding hydrogens is 244 g/mol. The Labute approximate surface area is 111 Å². The molecule has 0 aliphatic carbocycles. The molecule has 19 heavy (non-hydrogen) atoms. The van der Waals surface area contributed by atoms with E-state index in [0.29, 0.717) is 0 Å². The predicted molar refractivity (Wildman–Crippen MR) is 71.5 cm³/mol. The molecule has 0 aliphatic rings. The maximum absolute atomic E-state index is 11.9. The molecule has 2 rings (SSSR count). The Morgan fingerprint density at radius 2 is 2.05 bits per heavy atom. The standard InChI is InChI=1S/C13H18N4O2/c1-9(12(18)14-13(2,3)4)19-17-11-8-6-5-7-10(11)15-16-17/h5-9H,1-4H3,(H,14,18). The fraction of sp³-hybridized carbons (Fsp3) is 0.462. The third kappa shape index (κ3) is 3.21. The Bertz CT molecular complexity index is 586. The van der Waals surface area contributed by atoms with E-state index in [0.717, 1.165) is 11.0 Å². The lowest BCUT2D eigenvalue weighted by Gasteiger charge is -2.23. The van der Waals surface area contributed by atoms with E-state index in [1.807, 2.05) is 45.0 Å². The molecule has 0 saturated carbocycles. The highest BCUT2D eigenvalue weighted by atomic mass is 16.7. The number of carbonyl (C=O) groups excluding carboxylic acids is 1. The average Bonchev–Trinajstić information content (AvgIpc) is 2.70. The average molecular weight is 262 g/mol. The zero-order valence-corrected chi connectivity index (χ0v) is 11.5. The Morgan fingerprint density at radius 3 is 2.74 bits per heavy atom. The van der Waals surface area contributed by atoms with Gasteiger partial charge in [0.05, 0.1) is 0 Å². The number of para-hydroxylation sites is 1. The van der Waals surface area contributed by atoms with Crippen LogP contribution in [0.1, 0.15) is 27.7 Å². The van der Waals surface area contributed by atoms with Gasteiger partial charge in [-0.05, 0) is 45.0 Å². The fourth-order valence-corrected chi connectivity index (χ4v) is 1.59. The van der Waals surface area contributed by atoms with Gasteiger partial charge in [0.15, 0.2) is 0 Å². The summed E-state index contributed by atoms with van der Waals surface area (Å²) in [6.07, 6.45) is -0.649.